The predicted molar refractivity (Wildman–Crippen MR) is 86.5 cm³/mol. The van der Waals surface area contributed by atoms with Gasteiger partial charge in [-0.2, -0.15) is 0 Å². The van der Waals surface area contributed by atoms with Gasteiger partial charge in [0.2, 0.25) is 11.9 Å². The zero-order valence-corrected chi connectivity index (χ0v) is 13.8. The number of aromatic nitrogens is 3. The van der Waals surface area contributed by atoms with Crippen molar-refractivity contribution in [2.75, 3.05) is 24.5 Å². The lowest BCUT2D eigenvalue weighted by molar-refractivity contribution is -0.121. The molecule has 8 nitrogen and oxygen atoms in total. The summed E-state index contributed by atoms with van der Waals surface area (Å²) in [5.41, 5.74) is 0.535. The Morgan fingerprint density at radius 2 is 2.17 bits per heavy atom. The van der Waals surface area contributed by atoms with Crippen LogP contribution in [-0.2, 0) is 11.2 Å². The standard InChI is InChI=1S/C16H21N5O3/c1-11-13(12(2)24-20-11)8-14(22)19-9-16(23)4-7-21(10-16)15-17-5-3-6-18-15/h3,5-6,23H,4,7-10H2,1-2H3,(H,19,22)/t16-/m1/s1. The van der Waals surface area contributed by atoms with Crippen molar-refractivity contribution in [2.45, 2.75) is 32.3 Å². The number of nitrogens with zero attached hydrogens (tertiary/aromatic N) is 4. The Balaban J connectivity index is 1.54. The van der Waals surface area contributed by atoms with E-state index in [-0.39, 0.29) is 18.9 Å². The number of amides is 1. The number of anilines is 1. The molecular weight excluding hydrogens is 310 g/mol. The molecule has 128 valence electrons. The van der Waals surface area contributed by atoms with Crippen molar-refractivity contribution < 1.29 is 14.4 Å². The van der Waals surface area contributed by atoms with Crippen LogP contribution in [0.15, 0.2) is 23.0 Å². The van der Waals surface area contributed by atoms with Crippen molar-refractivity contribution >= 4 is 11.9 Å². The van der Waals surface area contributed by atoms with E-state index < -0.39 is 5.60 Å². The molecular formula is C16H21N5O3. The fourth-order valence-corrected chi connectivity index (χ4v) is 2.87. The van der Waals surface area contributed by atoms with Crippen molar-refractivity contribution in [3.05, 3.63) is 35.5 Å². The minimum Gasteiger partial charge on any atom is -0.386 e. The Labute approximate surface area is 139 Å². The zero-order valence-electron chi connectivity index (χ0n) is 13.8. The number of aliphatic hydroxyl groups is 1. The second-order valence-corrected chi connectivity index (χ2v) is 6.20. The number of aryl methyl sites for hydroxylation is 2. The summed E-state index contributed by atoms with van der Waals surface area (Å²) in [7, 11) is 0. The maximum Gasteiger partial charge on any atom is 0.225 e. The van der Waals surface area contributed by atoms with E-state index in [2.05, 4.69) is 20.4 Å². The van der Waals surface area contributed by atoms with E-state index in [0.717, 1.165) is 11.3 Å². The fourth-order valence-electron chi connectivity index (χ4n) is 2.87. The molecule has 1 aliphatic rings. The van der Waals surface area contributed by atoms with Crippen molar-refractivity contribution in [3.63, 3.8) is 0 Å². The Morgan fingerprint density at radius 3 is 2.83 bits per heavy atom. The van der Waals surface area contributed by atoms with Gasteiger partial charge in [0.25, 0.3) is 0 Å². The SMILES string of the molecule is Cc1noc(C)c1CC(=O)NC[C@]1(O)CCN(c2ncccn2)C1. The lowest BCUT2D eigenvalue weighted by Gasteiger charge is -2.23. The minimum absolute atomic E-state index is 0.160. The fraction of sp³-hybridized carbons (Fsp3) is 0.500. The first-order valence-electron chi connectivity index (χ1n) is 7.90. The number of hydrogen-bond donors (Lipinski definition) is 2. The van der Waals surface area contributed by atoms with E-state index in [1.807, 2.05) is 4.90 Å². The molecule has 1 saturated heterocycles. The van der Waals surface area contributed by atoms with E-state index in [9.17, 15) is 9.90 Å². The van der Waals surface area contributed by atoms with Crippen molar-refractivity contribution in [1.82, 2.24) is 20.4 Å². The summed E-state index contributed by atoms with van der Waals surface area (Å²) in [6.45, 7) is 4.83. The minimum atomic E-state index is -0.979. The average molecular weight is 331 g/mol. The van der Waals surface area contributed by atoms with E-state index in [4.69, 9.17) is 4.52 Å². The number of carbonyl (C=O) groups excluding carboxylic acids is 1. The number of rotatable bonds is 5. The molecule has 1 fully saturated rings. The molecule has 24 heavy (non-hydrogen) atoms. The Morgan fingerprint density at radius 1 is 1.42 bits per heavy atom. The number of carbonyl (C=O) groups is 1. The smallest absolute Gasteiger partial charge is 0.225 e. The first-order chi connectivity index (χ1) is 11.5. The third-order valence-corrected chi connectivity index (χ3v) is 4.30. The van der Waals surface area contributed by atoms with Gasteiger partial charge in [-0.1, -0.05) is 5.16 Å². The highest BCUT2D eigenvalue weighted by Crippen LogP contribution is 2.23. The van der Waals surface area contributed by atoms with Crippen LogP contribution in [0.5, 0.6) is 0 Å². The van der Waals surface area contributed by atoms with Gasteiger partial charge in [-0.15, -0.1) is 0 Å². The molecule has 0 unspecified atom stereocenters. The van der Waals surface area contributed by atoms with Gasteiger partial charge in [-0.25, -0.2) is 9.97 Å². The molecule has 0 spiro atoms. The van der Waals surface area contributed by atoms with Crippen LogP contribution in [-0.4, -0.2) is 51.4 Å². The summed E-state index contributed by atoms with van der Waals surface area (Å²) in [5.74, 6) is 1.08. The number of nitrogens with one attached hydrogen (secondary N) is 1. The molecule has 2 aromatic heterocycles. The number of β-amino-alcohol motifs (C(OH)–C–C–N with tert-alkyl or cyclic N) is 1. The Kier molecular flexibility index (Phi) is 4.48. The monoisotopic (exact) mass is 331 g/mol. The Hall–Kier alpha value is -2.48. The molecule has 1 atom stereocenters. The molecule has 0 radical (unpaired) electrons. The van der Waals surface area contributed by atoms with Crippen LogP contribution < -0.4 is 10.2 Å². The molecule has 2 aromatic rings. The molecule has 0 aliphatic carbocycles. The lowest BCUT2D eigenvalue weighted by Crippen LogP contribution is -2.45. The molecule has 0 saturated carbocycles. The van der Waals surface area contributed by atoms with Crippen LogP contribution >= 0.6 is 0 Å². The summed E-state index contributed by atoms with van der Waals surface area (Å²) < 4.78 is 5.06. The zero-order chi connectivity index (χ0) is 17.2. The van der Waals surface area contributed by atoms with E-state index in [1.54, 1.807) is 32.3 Å². The quantitative estimate of drug-likeness (QED) is 0.816. The maximum absolute atomic E-state index is 12.1. The van der Waals surface area contributed by atoms with Gasteiger partial charge in [0.05, 0.1) is 18.7 Å². The van der Waals surface area contributed by atoms with Gasteiger partial charge in [0.1, 0.15) is 11.4 Å². The largest absolute Gasteiger partial charge is 0.386 e. The molecule has 0 aromatic carbocycles. The highest BCUT2D eigenvalue weighted by atomic mass is 16.5. The molecule has 1 aliphatic heterocycles. The first-order valence-corrected chi connectivity index (χ1v) is 7.90. The maximum atomic E-state index is 12.1. The molecule has 3 heterocycles. The molecule has 2 N–H and O–H groups in total. The van der Waals surface area contributed by atoms with Crippen molar-refractivity contribution in [2.24, 2.45) is 0 Å². The van der Waals surface area contributed by atoms with Crippen LogP contribution in [0.1, 0.15) is 23.4 Å². The molecule has 8 heteroatoms. The second kappa shape index (κ2) is 6.56. The van der Waals surface area contributed by atoms with Crippen LogP contribution in [0, 0.1) is 13.8 Å². The van der Waals surface area contributed by atoms with Gasteiger partial charge in [-0.3, -0.25) is 4.79 Å². The molecule has 3 rings (SSSR count). The van der Waals surface area contributed by atoms with Gasteiger partial charge in [-0.05, 0) is 26.3 Å². The van der Waals surface area contributed by atoms with E-state index >= 15 is 0 Å². The highest BCUT2D eigenvalue weighted by molar-refractivity contribution is 5.79. The lowest BCUT2D eigenvalue weighted by atomic mass is 10.0. The van der Waals surface area contributed by atoms with E-state index in [0.29, 0.717) is 31.2 Å². The third-order valence-electron chi connectivity index (χ3n) is 4.30. The summed E-state index contributed by atoms with van der Waals surface area (Å²) in [5, 5.41) is 17.3. The second-order valence-electron chi connectivity index (χ2n) is 6.20. The van der Waals surface area contributed by atoms with Gasteiger partial charge in [0, 0.05) is 31.0 Å². The van der Waals surface area contributed by atoms with Crippen LogP contribution in [0.25, 0.3) is 0 Å². The molecule has 1 amide bonds. The van der Waals surface area contributed by atoms with Crippen LogP contribution in [0.3, 0.4) is 0 Å². The Bertz CT molecular complexity index is 698. The summed E-state index contributed by atoms with van der Waals surface area (Å²) in [6.07, 6.45) is 4.09. The summed E-state index contributed by atoms with van der Waals surface area (Å²) in [6, 6.07) is 1.75. The van der Waals surface area contributed by atoms with Crippen molar-refractivity contribution in [1.29, 1.82) is 0 Å². The molecule has 0 bridgehead atoms. The highest BCUT2D eigenvalue weighted by Gasteiger charge is 2.37. The predicted octanol–water partition coefficient (Wildman–Crippen LogP) is 0.382. The normalized spacial score (nSPS) is 20.4. The summed E-state index contributed by atoms with van der Waals surface area (Å²) >= 11 is 0. The van der Waals surface area contributed by atoms with Crippen LogP contribution in [0.4, 0.5) is 5.95 Å². The third kappa shape index (κ3) is 3.53. The van der Waals surface area contributed by atoms with Gasteiger partial charge in [0.15, 0.2) is 0 Å². The average Bonchev–Trinajstić information content (AvgIpc) is 3.12. The summed E-state index contributed by atoms with van der Waals surface area (Å²) in [4.78, 5) is 22.4. The van der Waals surface area contributed by atoms with E-state index in [1.165, 1.54) is 0 Å². The van der Waals surface area contributed by atoms with Crippen LogP contribution in [0.2, 0.25) is 0 Å². The van der Waals surface area contributed by atoms with Gasteiger partial charge >= 0.3 is 0 Å². The van der Waals surface area contributed by atoms with Gasteiger partial charge < -0.3 is 19.8 Å². The van der Waals surface area contributed by atoms with Crippen molar-refractivity contribution in [3.8, 4) is 0 Å². The first kappa shape index (κ1) is 16.4. The topological polar surface area (TPSA) is 104 Å². The number of hydrogen-bond acceptors (Lipinski definition) is 7.